The van der Waals surface area contributed by atoms with Crippen LogP contribution in [0.2, 0.25) is 0 Å². The molecule has 3 aromatic rings. The van der Waals surface area contributed by atoms with Gasteiger partial charge < -0.3 is 5.11 Å². The van der Waals surface area contributed by atoms with E-state index in [1.165, 1.54) is 11.0 Å². The fraction of sp³-hybridized carbons (Fsp3) is 0.167. The number of carbonyl (C=O) groups is 1. The normalized spacial score (nSPS) is 11.0. The number of hydrogen-bond acceptors (Lipinski definition) is 5. The molecular formula is C12H10N4O2S. The number of carboxylic acids is 1. The van der Waals surface area contributed by atoms with Gasteiger partial charge in [0.1, 0.15) is 12.9 Å². The topological polar surface area (TPSA) is 80.9 Å². The van der Waals surface area contributed by atoms with Gasteiger partial charge in [0, 0.05) is 5.56 Å². The van der Waals surface area contributed by atoms with Crippen LogP contribution in [0.1, 0.15) is 5.01 Å². The van der Waals surface area contributed by atoms with Crippen LogP contribution in [0.4, 0.5) is 0 Å². The number of aliphatic carboxylic acids is 1. The summed E-state index contributed by atoms with van der Waals surface area (Å²) < 4.78 is 2.42. The van der Waals surface area contributed by atoms with Gasteiger partial charge in [0.15, 0.2) is 5.82 Å². The maximum Gasteiger partial charge on any atom is 0.325 e. The van der Waals surface area contributed by atoms with Gasteiger partial charge in [0.2, 0.25) is 0 Å². The van der Waals surface area contributed by atoms with E-state index >= 15 is 0 Å². The van der Waals surface area contributed by atoms with Gasteiger partial charge in [-0.25, -0.2) is 14.6 Å². The predicted molar refractivity (Wildman–Crippen MR) is 71.0 cm³/mol. The molecule has 2 heterocycles. The van der Waals surface area contributed by atoms with Crippen LogP contribution in [-0.4, -0.2) is 30.8 Å². The zero-order chi connectivity index (χ0) is 13.4. The highest BCUT2D eigenvalue weighted by molar-refractivity contribution is 7.18. The lowest BCUT2D eigenvalue weighted by Crippen LogP contribution is -2.08. The summed E-state index contributed by atoms with van der Waals surface area (Å²) in [5, 5.41) is 13.8. The van der Waals surface area contributed by atoms with E-state index in [2.05, 4.69) is 15.1 Å². The second-order valence-electron chi connectivity index (χ2n) is 4.07. The van der Waals surface area contributed by atoms with Crippen molar-refractivity contribution >= 4 is 27.5 Å². The quantitative estimate of drug-likeness (QED) is 0.789. The first kappa shape index (κ1) is 11.8. The van der Waals surface area contributed by atoms with E-state index in [-0.39, 0.29) is 6.54 Å². The summed E-state index contributed by atoms with van der Waals surface area (Å²) in [6.45, 7) is 1.77. The number of rotatable bonds is 3. The molecule has 0 atom stereocenters. The van der Waals surface area contributed by atoms with Crippen LogP contribution in [0.15, 0.2) is 24.5 Å². The van der Waals surface area contributed by atoms with Crippen molar-refractivity contribution in [1.29, 1.82) is 0 Å². The number of aryl methyl sites for hydroxylation is 1. The molecular weight excluding hydrogens is 264 g/mol. The predicted octanol–water partition coefficient (Wildman–Crippen LogP) is 1.95. The number of fused-ring (bicyclic) bond motifs is 1. The Morgan fingerprint density at radius 3 is 3.11 bits per heavy atom. The van der Waals surface area contributed by atoms with E-state index in [1.54, 1.807) is 11.3 Å². The lowest BCUT2D eigenvalue weighted by molar-refractivity contribution is -0.137. The lowest BCUT2D eigenvalue weighted by atomic mass is 10.2. The molecule has 0 saturated heterocycles. The van der Waals surface area contributed by atoms with Crippen LogP contribution in [0.5, 0.6) is 0 Å². The van der Waals surface area contributed by atoms with Crippen molar-refractivity contribution in [2.75, 3.05) is 0 Å². The fourth-order valence-electron chi connectivity index (χ4n) is 1.82. The largest absolute Gasteiger partial charge is 0.480 e. The van der Waals surface area contributed by atoms with Crippen molar-refractivity contribution in [3.8, 4) is 11.4 Å². The van der Waals surface area contributed by atoms with Gasteiger partial charge in [-0.15, -0.1) is 11.3 Å². The van der Waals surface area contributed by atoms with Gasteiger partial charge in [-0.2, -0.15) is 5.10 Å². The lowest BCUT2D eigenvalue weighted by Gasteiger charge is -1.95. The van der Waals surface area contributed by atoms with Crippen molar-refractivity contribution in [2.45, 2.75) is 13.5 Å². The number of carboxylic acid groups (broad SMARTS) is 1. The van der Waals surface area contributed by atoms with E-state index in [1.807, 2.05) is 25.1 Å². The van der Waals surface area contributed by atoms with Crippen molar-refractivity contribution in [2.24, 2.45) is 0 Å². The minimum Gasteiger partial charge on any atom is -0.480 e. The van der Waals surface area contributed by atoms with Crippen molar-refractivity contribution in [3.05, 3.63) is 29.5 Å². The average molecular weight is 274 g/mol. The molecule has 1 N–H and O–H groups in total. The van der Waals surface area contributed by atoms with Gasteiger partial charge in [0.25, 0.3) is 0 Å². The highest BCUT2D eigenvalue weighted by Gasteiger charge is 2.08. The number of aromatic nitrogens is 4. The SMILES string of the molecule is Cc1nc2cc(-c3ncn(CC(=O)O)n3)ccc2s1. The Bertz CT molecular complexity index is 762. The molecule has 6 nitrogen and oxygen atoms in total. The van der Waals surface area contributed by atoms with Crippen molar-refractivity contribution < 1.29 is 9.90 Å². The summed E-state index contributed by atoms with van der Waals surface area (Å²) in [4.78, 5) is 19.1. The first-order valence-electron chi connectivity index (χ1n) is 5.60. The van der Waals surface area contributed by atoms with Crippen LogP contribution in [0.25, 0.3) is 21.6 Å². The summed E-state index contributed by atoms with van der Waals surface area (Å²) in [5.41, 5.74) is 1.75. The molecule has 0 bridgehead atoms. The van der Waals surface area contributed by atoms with Gasteiger partial charge in [0.05, 0.1) is 15.2 Å². The third kappa shape index (κ3) is 2.32. The Labute approximate surface area is 112 Å². The molecule has 7 heteroatoms. The molecule has 0 amide bonds. The number of benzene rings is 1. The van der Waals surface area contributed by atoms with E-state index in [4.69, 9.17) is 5.11 Å². The fourth-order valence-corrected chi connectivity index (χ4v) is 2.63. The summed E-state index contributed by atoms with van der Waals surface area (Å²) >= 11 is 1.63. The van der Waals surface area contributed by atoms with Crippen LogP contribution in [0.3, 0.4) is 0 Å². The molecule has 1 aromatic carbocycles. The van der Waals surface area contributed by atoms with Crippen molar-refractivity contribution in [1.82, 2.24) is 19.7 Å². The second-order valence-corrected chi connectivity index (χ2v) is 5.31. The van der Waals surface area contributed by atoms with E-state index < -0.39 is 5.97 Å². The Morgan fingerprint density at radius 1 is 1.47 bits per heavy atom. The number of nitrogens with zero attached hydrogens (tertiary/aromatic N) is 4. The first-order chi connectivity index (χ1) is 9.11. The molecule has 0 aliphatic carbocycles. The average Bonchev–Trinajstić information content (AvgIpc) is 2.92. The highest BCUT2D eigenvalue weighted by Crippen LogP contribution is 2.25. The minimum absolute atomic E-state index is 0.189. The minimum atomic E-state index is -0.943. The number of thiazole rings is 1. The molecule has 0 aliphatic heterocycles. The van der Waals surface area contributed by atoms with E-state index in [9.17, 15) is 4.79 Å². The Hall–Kier alpha value is -2.28. The number of hydrogen-bond donors (Lipinski definition) is 1. The maximum absolute atomic E-state index is 10.6. The third-order valence-corrected chi connectivity index (χ3v) is 3.54. The molecule has 19 heavy (non-hydrogen) atoms. The van der Waals surface area contributed by atoms with Gasteiger partial charge >= 0.3 is 5.97 Å². The van der Waals surface area contributed by atoms with Gasteiger partial charge in [-0.3, -0.25) is 4.79 Å². The maximum atomic E-state index is 10.6. The van der Waals surface area contributed by atoms with Crippen LogP contribution in [-0.2, 0) is 11.3 Å². The van der Waals surface area contributed by atoms with Gasteiger partial charge in [-0.1, -0.05) is 0 Å². The Kier molecular flexibility index (Phi) is 2.75. The van der Waals surface area contributed by atoms with Crippen LogP contribution < -0.4 is 0 Å². The summed E-state index contributed by atoms with van der Waals surface area (Å²) in [5.74, 6) is -0.434. The third-order valence-electron chi connectivity index (χ3n) is 2.59. The molecule has 0 radical (unpaired) electrons. The molecule has 0 aliphatic rings. The monoisotopic (exact) mass is 274 g/mol. The smallest absolute Gasteiger partial charge is 0.325 e. The zero-order valence-electron chi connectivity index (χ0n) is 10.1. The highest BCUT2D eigenvalue weighted by atomic mass is 32.1. The summed E-state index contributed by atoms with van der Waals surface area (Å²) in [6.07, 6.45) is 1.42. The van der Waals surface area contributed by atoms with Crippen molar-refractivity contribution in [3.63, 3.8) is 0 Å². The Balaban J connectivity index is 1.98. The Morgan fingerprint density at radius 2 is 2.32 bits per heavy atom. The summed E-state index contributed by atoms with van der Waals surface area (Å²) in [7, 11) is 0. The molecule has 0 saturated carbocycles. The molecule has 0 unspecified atom stereocenters. The van der Waals surface area contributed by atoms with Crippen LogP contribution in [0, 0.1) is 6.92 Å². The first-order valence-corrected chi connectivity index (χ1v) is 6.42. The van der Waals surface area contributed by atoms with Crippen LogP contribution >= 0.6 is 11.3 Å². The molecule has 0 spiro atoms. The van der Waals surface area contributed by atoms with E-state index in [0.29, 0.717) is 5.82 Å². The zero-order valence-corrected chi connectivity index (χ0v) is 10.9. The van der Waals surface area contributed by atoms with E-state index in [0.717, 1.165) is 20.8 Å². The standard InChI is InChI=1S/C12H10N4O2S/c1-7-14-9-4-8(2-3-10(9)19-7)12-13-6-16(15-12)5-11(17)18/h2-4,6H,5H2,1H3,(H,17,18). The molecule has 96 valence electrons. The molecule has 2 aromatic heterocycles. The second kappa shape index (κ2) is 4.43. The molecule has 0 fully saturated rings. The molecule has 3 rings (SSSR count). The summed E-state index contributed by atoms with van der Waals surface area (Å²) in [6, 6.07) is 5.81. The van der Waals surface area contributed by atoms with Gasteiger partial charge in [-0.05, 0) is 25.1 Å².